The third-order valence-corrected chi connectivity index (χ3v) is 4.57. The third kappa shape index (κ3) is 7.65. The van der Waals surface area contributed by atoms with Gasteiger partial charge in [0, 0.05) is 25.1 Å². The Labute approximate surface area is 175 Å². The Morgan fingerprint density at radius 1 is 0.933 bits per heavy atom. The minimum Gasteiger partial charge on any atom is -0.480 e. The highest BCUT2D eigenvalue weighted by Gasteiger charge is 2.18. The average molecular weight is 413 g/mol. The van der Waals surface area contributed by atoms with Crippen molar-refractivity contribution in [3.8, 4) is 0 Å². The molecule has 0 heterocycles. The van der Waals surface area contributed by atoms with Crippen LogP contribution >= 0.6 is 0 Å². The normalized spacial score (nSPS) is 11.5. The number of hydrogen-bond acceptors (Lipinski definition) is 5. The SMILES string of the molecule is O=C(CCCCCNC(=O)c1cccc(CN[C@H](C(=O)O)c2ccccc2)c1)NO. The van der Waals surface area contributed by atoms with Gasteiger partial charge in [-0.2, -0.15) is 0 Å². The maximum Gasteiger partial charge on any atom is 0.325 e. The predicted molar refractivity (Wildman–Crippen MR) is 111 cm³/mol. The topological polar surface area (TPSA) is 128 Å². The number of carboxylic acids is 1. The van der Waals surface area contributed by atoms with Crippen molar-refractivity contribution in [2.45, 2.75) is 38.3 Å². The molecule has 2 rings (SSSR count). The number of amides is 2. The minimum absolute atomic E-state index is 0.206. The number of rotatable bonds is 12. The smallest absolute Gasteiger partial charge is 0.325 e. The summed E-state index contributed by atoms with van der Waals surface area (Å²) < 4.78 is 0. The van der Waals surface area contributed by atoms with Crippen LogP contribution in [0.1, 0.15) is 53.2 Å². The van der Waals surface area contributed by atoms with Gasteiger partial charge in [-0.15, -0.1) is 0 Å². The molecular formula is C22H27N3O5. The van der Waals surface area contributed by atoms with E-state index in [-0.39, 0.29) is 12.3 Å². The Morgan fingerprint density at radius 3 is 2.40 bits per heavy atom. The molecule has 0 aromatic heterocycles. The van der Waals surface area contributed by atoms with Gasteiger partial charge >= 0.3 is 5.97 Å². The van der Waals surface area contributed by atoms with E-state index in [4.69, 9.17) is 5.21 Å². The zero-order valence-corrected chi connectivity index (χ0v) is 16.6. The molecule has 2 aromatic rings. The van der Waals surface area contributed by atoms with Crippen molar-refractivity contribution < 1.29 is 24.7 Å². The number of hydrogen-bond donors (Lipinski definition) is 5. The summed E-state index contributed by atoms with van der Waals surface area (Å²) >= 11 is 0. The van der Waals surface area contributed by atoms with Crippen molar-refractivity contribution >= 4 is 17.8 Å². The van der Waals surface area contributed by atoms with Crippen molar-refractivity contribution in [2.75, 3.05) is 6.54 Å². The first-order chi connectivity index (χ1) is 14.5. The number of unbranched alkanes of at least 4 members (excludes halogenated alkanes) is 2. The monoisotopic (exact) mass is 413 g/mol. The summed E-state index contributed by atoms with van der Waals surface area (Å²) in [7, 11) is 0. The fourth-order valence-electron chi connectivity index (χ4n) is 2.98. The Morgan fingerprint density at radius 2 is 1.70 bits per heavy atom. The first-order valence-electron chi connectivity index (χ1n) is 9.82. The van der Waals surface area contributed by atoms with Gasteiger partial charge in [-0.3, -0.25) is 24.9 Å². The van der Waals surface area contributed by atoms with Gasteiger partial charge in [-0.1, -0.05) is 48.9 Å². The van der Waals surface area contributed by atoms with Gasteiger partial charge in [0.1, 0.15) is 6.04 Å². The fourth-order valence-corrected chi connectivity index (χ4v) is 2.98. The lowest BCUT2D eigenvalue weighted by atomic mass is 10.1. The second-order valence-corrected chi connectivity index (χ2v) is 6.86. The van der Waals surface area contributed by atoms with Crippen LogP contribution in [0.25, 0.3) is 0 Å². The lowest BCUT2D eigenvalue weighted by Gasteiger charge is -2.15. The molecule has 0 spiro atoms. The molecule has 1 atom stereocenters. The number of nitrogens with one attached hydrogen (secondary N) is 3. The zero-order valence-electron chi connectivity index (χ0n) is 16.6. The van der Waals surface area contributed by atoms with Gasteiger partial charge in [0.25, 0.3) is 5.91 Å². The Bertz CT molecular complexity index is 842. The van der Waals surface area contributed by atoms with Crippen LogP contribution in [0.5, 0.6) is 0 Å². The van der Waals surface area contributed by atoms with E-state index in [0.717, 1.165) is 18.4 Å². The van der Waals surface area contributed by atoms with E-state index in [9.17, 15) is 19.5 Å². The van der Waals surface area contributed by atoms with Gasteiger partial charge in [-0.05, 0) is 36.1 Å². The summed E-state index contributed by atoms with van der Waals surface area (Å²) in [4.78, 5) is 34.8. The number of benzene rings is 2. The van der Waals surface area contributed by atoms with E-state index in [1.807, 2.05) is 12.1 Å². The highest BCUT2D eigenvalue weighted by molar-refractivity contribution is 5.94. The summed E-state index contributed by atoms with van der Waals surface area (Å²) in [5.74, 6) is -1.59. The van der Waals surface area contributed by atoms with Crippen LogP contribution in [-0.2, 0) is 16.1 Å². The van der Waals surface area contributed by atoms with Gasteiger partial charge < -0.3 is 10.4 Å². The van der Waals surface area contributed by atoms with Gasteiger partial charge in [0.05, 0.1) is 0 Å². The minimum atomic E-state index is -0.966. The Kier molecular flexibility index (Phi) is 9.50. The maximum atomic E-state index is 12.3. The number of hydroxylamine groups is 1. The second-order valence-electron chi connectivity index (χ2n) is 6.86. The highest BCUT2D eigenvalue weighted by atomic mass is 16.5. The van der Waals surface area contributed by atoms with Crippen molar-refractivity contribution in [2.24, 2.45) is 0 Å². The molecule has 0 unspecified atom stereocenters. The van der Waals surface area contributed by atoms with E-state index in [0.29, 0.717) is 30.6 Å². The molecule has 0 fully saturated rings. The van der Waals surface area contributed by atoms with E-state index in [1.165, 1.54) is 0 Å². The van der Waals surface area contributed by atoms with Crippen molar-refractivity contribution in [3.63, 3.8) is 0 Å². The lowest BCUT2D eigenvalue weighted by molar-refractivity contribution is -0.139. The van der Waals surface area contributed by atoms with Crippen LogP contribution in [0.2, 0.25) is 0 Å². The molecular weight excluding hydrogens is 386 g/mol. The standard InChI is InChI=1S/C22H27N3O5/c26-19(25-30)12-5-2-6-13-23-21(27)18-11-7-8-16(14-18)15-24-20(22(28)29)17-9-3-1-4-10-17/h1,3-4,7-11,14,20,24,30H,2,5-6,12-13,15H2,(H,23,27)(H,25,26)(H,28,29)/t20-/m0/s1. The third-order valence-electron chi connectivity index (χ3n) is 4.57. The number of carbonyl (C=O) groups excluding carboxylic acids is 2. The van der Waals surface area contributed by atoms with Crippen LogP contribution in [0.4, 0.5) is 0 Å². The van der Waals surface area contributed by atoms with E-state index >= 15 is 0 Å². The maximum absolute atomic E-state index is 12.3. The average Bonchev–Trinajstić information content (AvgIpc) is 2.76. The van der Waals surface area contributed by atoms with Crippen LogP contribution in [0.3, 0.4) is 0 Å². The summed E-state index contributed by atoms with van der Waals surface area (Å²) in [6, 6.07) is 15.1. The van der Waals surface area contributed by atoms with Crippen LogP contribution in [0.15, 0.2) is 54.6 Å². The second kappa shape index (κ2) is 12.4. The number of carbonyl (C=O) groups is 3. The van der Waals surface area contributed by atoms with Gasteiger partial charge in [-0.25, -0.2) is 5.48 Å². The molecule has 0 aliphatic carbocycles. The van der Waals surface area contributed by atoms with Crippen LogP contribution in [-0.4, -0.2) is 34.6 Å². The number of carboxylic acid groups (broad SMARTS) is 1. The van der Waals surface area contributed by atoms with Crippen molar-refractivity contribution in [3.05, 3.63) is 71.3 Å². The highest BCUT2D eigenvalue weighted by Crippen LogP contribution is 2.14. The lowest BCUT2D eigenvalue weighted by Crippen LogP contribution is -2.28. The first-order valence-corrected chi connectivity index (χ1v) is 9.82. The first kappa shape index (κ1) is 23.1. The molecule has 30 heavy (non-hydrogen) atoms. The number of aliphatic carboxylic acids is 1. The molecule has 0 aliphatic rings. The van der Waals surface area contributed by atoms with E-state index in [1.54, 1.807) is 47.9 Å². The van der Waals surface area contributed by atoms with Gasteiger partial charge in [0.2, 0.25) is 5.91 Å². The van der Waals surface area contributed by atoms with Crippen molar-refractivity contribution in [1.82, 2.24) is 16.1 Å². The largest absolute Gasteiger partial charge is 0.480 e. The van der Waals surface area contributed by atoms with Gasteiger partial charge in [0.15, 0.2) is 0 Å². The Hall–Kier alpha value is -3.23. The molecule has 0 saturated carbocycles. The molecule has 2 amide bonds. The molecule has 2 aromatic carbocycles. The fraction of sp³-hybridized carbons (Fsp3) is 0.318. The molecule has 5 N–H and O–H groups in total. The zero-order chi connectivity index (χ0) is 21.8. The molecule has 0 aliphatic heterocycles. The predicted octanol–water partition coefficient (Wildman–Crippen LogP) is 2.40. The van der Waals surface area contributed by atoms with E-state index in [2.05, 4.69) is 10.6 Å². The Balaban J connectivity index is 1.82. The summed E-state index contributed by atoms with van der Waals surface area (Å²) in [6.45, 7) is 0.789. The summed E-state index contributed by atoms with van der Waals surface area (Å²) in [6.07, 6.45) is 2.37. The molecule has 0 saturated heterocycles. The molecule has 8 nitrogen and oxygen atoms in total. The van der Waals surface area contributed by atoms with Crippen LogP contribution < -0.4 is 16.1 Å². The quantitative estimate of drug-likeness (QED) is 0.207. The molecule has 0 radical (unpaired) electrons. The van der Waals surface area contributed by atoms with Crippen LogP contribution in [0, 0.1) is 0 Å². The molecule has 8 heteroatoms. The van der Waals surface area contributed by atoms with Crippen molar-refractivity contribution in [1.29, 1.82) is 0 Å². The summed E-state index contributed by atoms with van der Waals surface area (Å²) in [5, 5.41) is 23.8. The summed E-state index contributed by atoms with van der Waals surface area (Å²) in [5.41, 5.74) is 3.56. The molecule has 0 bridgehead atoms. The molecule has 160 valence electrons. The van der Waals surface area contributed by atoms with E-state index < -0.39 is 17.9 Å².